The second-order valence-electron chi connectivity index (χ2n) is 17.6. The molecule has 0 spiro atoms. The van der Waals surface area contributed by atoms with E-state index in [2.05, 4.69) is 12.1 Å². The number of nitrogens with zero attached hydrogens (tertiary/aromatic N) is 6. The molecule has 1 aliphatic carbocycles. The van der Waals surface area contributed by atoms with Gasteiger partial charge < -0.3 is 4.57 Å². The molecule has 0 amide bonds. The summed E-state index contributed by atoms with van der Waals surface area (Å²) < 4.78 is 95.4. The van der Waals surface area contributed by atoms with Crippen molar-refractivity contribution >= 4 is 22.6 Å². The largest absolute Gasteiger partial charge is 0.417 e. The van der Waals surface area contributed by atoms with E-state index < -0.39 is 23.5 Å². The number of alkyl halides is 6. The van der Waals surface area contributed by atoms with Gasteiger partial charge in [0.25, 0.3) is 0 Å². The van der Waals surface area contributed by atoms with Gasteiger partial charge in [-0.15, -0.1) is 0 Å². The number of fused-ring (bicyclic) bond motifs is 3. The van der Waals surface area contributed by atoms with E-state index in [1.807, 2.05) is 60.7 Å². The molecule has 2 heterocycles. The summed E-state index contributed by atoms with van der Waals surface area (Å²) in [6.07, 6.45) is -3.90. The van der Waals surface area contributed by atoms with E-state index in [4.69, 9.17) is 15.0 Å². The molecule has 74 heavy (non-hydrogen) atoms. The summed E-state index contributed by atoms with van der Waals surface area (Å²) in [4.78, 5) is 14.6. The van der Waals surface area contributed by atoms with Crippen LogP contribution in [0.25, 0.3) is 95.8 Å². The minimum absolute atomic E-state index is 0.00880. The lowest BCUT2D eigenvalue weighted by Crippen LogP contribution is -2.11. The number of nitriles is 2. The standard InChI is InChI=1S/C62H36F6N6/c63-61(64,65)53-23-9-7-21-47(53)51-34-46(60-72-58(41-15-3-1-4-16-41)71-59(73-60)42-17-5-2-6-18-42)35-52(48-22-8-10-24-54(48)62(66,67)68)57(51)74-55-29-26-40(43-19-11-13-38(31-43)36-69)25-28-49(55)50-33-45(27-30-56(50)74)44-20-12-14-39(32-44)37-70/h1-27,29-35H,28H2. The Morgan fingerprint density at radius 1 is 0.432 bits per heavy atom. The van der Waals surface area contributed by atoms with Crippen molar-refractivity contribution in [1.29, 1.82) is 10.5 Å². The maximum atomic E-state index is 15.6. The Hall–Kier alpha value is -9.65. The lowest BCUT2D eigenvalue weighted by Gasteiger charge is -2.24. The van der Waals surface area contributed by atoms with Crippen LogP contribution in [0.4, 0.5) is 26.3 Å². The van der Waals surface area contributed by atoms with Crippen molar-refractivity contribution in [1.82, 2.24) is 19.5 Å². The molecular formula is C62H36F6N6. The topological polar surface area (TPSA) is 91.2 Å². The minimum atomic E-state index is -4.92. The first-order valence-electron chi connectivity index (χ1n) is 23.3. The van der Waals surface area contributed by atoms with Gasteiger partial charge in [-0.1, -0.05) is 140 Å². The SMILES string of the molecule is N#Cc1cccc(C2=CCc3c(n(-c4c(-c5ccccc5C(F)(F)F)cc(-c5nc(-c6ccccc6)nc(-c6ccccc6)n5)cc4-c4ccccc4C(F)(F)F)c4ccc(-c5cccc(C#N)c5)cc34)C=C2)c1. The number of benzene rings is 8. The molecule has 356 valence electrons. The summed E-state index contributed by atoms with van der Waals surface area (Å²) in [6.45, 7) is 0. The zero-order valence-corrected chi connectivity index (χ0v) is 38.8. The first kappa shape index (κ1) is 46.7. The molecular weight excluding hydrogens is 943 g/mol. The Kier molecular flexibility index (Phi) is 11.9. The quantitative estimate of drug-likeness (QED) is 0.141. The van der Waals surface area contributed by atoms with Crippen molar-refractivity contribution in [2.75, 3.05) is 0 Å². The molecule has 11 rings (SSSR count). The fraction of sp³-hybridized carbons (Fsp3) is 0.0484. The number of hydrogen-bond donors (Lipinski definition) is 0. The van der Waals surface area contributed by atoms with E-state index in [-0.39, 0.29) is 57.4 Å². The monoisotopic (exact) mass is 978 g/mol. The van der Waals surface area contributed by atoms with Crippen LogP contribution in [0.2, 0.25) is 0 Å². The Morgan fingerprint density at radius 3 is 1.45 bits per heavy atom. The Morgan fingerprint density at radius 2 is 0.905 bits per heavy atom. The van der Waals surface area contributed by atoms with Crippen molar-refractivity contribution in [3.05, 3.63) is 239 Å². The predicted octanol–water partition coefficient (Wildman–Crippen LogP) is 16.3. The summed E-state index contributed by atoms with van der Waals surface area (Å²) in [7, 11) is 0. The highest BCUT2D eigenvalue weighted by Crippen LogP contribution is 2.49. The minimum Gasteiger partial charge on any atom is -0.308 e. The zero-order chi connectivity index (χ0) is 51.1. The average Bonchev–Trinajstić information content (AvgIpc) is 3.56. The third-order valence-electron chi connectivity index (χ3n) is 13.0. The van der Waals surface area contributed by atoms with Gasteiger partial charge in [-0.2, -0.15) is 36.9 Å². The Bertz CT molecular complexity index is 3850. The molecule has 0 N–H and O–H groups in total. The molecule has 0 unspecified atom stereocenters. The second kappa shape index (κ2) is 18.8. The van der Waals surface area contributed by atoms with Crippen LogP contribution in [0.5, 0.6) is 0 Å². The molecule has 0 saturated heterocycles. The maximum Gasteiger partial charge on any atom is 0.417 e. The normalized spacial score (nSPS) is 12.4. The van der Waals surface area contributed by atoms with Crippen LogP contribution in [-0.4, -0.2) is 19.5 Å². The van der Waals surface area contributed by atoms with Crippen LogP contribution in [0.3, 0.4) is 0 Å². The zero-order valence-electron chi connectivity index (χ0n) is 38.8. The van der Waals surface area contributed by atoms with Gasteiger partial charge in [0, 0.05) is 33.2 Å². The average molecular weight is 979 g/mol. The van der Waals surface area contributed by atoms with Crippen LogP contribution in [0.1, 0.15) is 39.1 Å². The molecule has 2 aromatic heterocycles. The summed E-state index contributed by atoms with van der Waals surface area (Å²) in [5, 5.41) is 20.3. The van der Waals surface area contributed by atoms with E-state index in [1.54, 1.807) is 89.5 Å². The summed E-state index contributed by atoms with van der Waals surface area (Å²) in [5.74, 6) is 0.480. The van der Waals surface area contributed by atoms with Crippen molar-refractivity contribution in [2.24, 2.45) is 0 Å². The van der Waals surface area contributed by atoms with Crippen molar-refractivity contribution in [2.45, 2.75) is 18.8 Å². The van der Waals surface area contributed by atoms with E-state index in [9.17, 15) is 10.5 Å². The molecule has 0 atom stereocenters. The summed E-state index contributed by atoms with van der Waals surface area (Å²) >= 11 is 0. The summed E-state index contributed by atoms with van der Waals surface area (Å²) in [6, 6.07) is 55.3. The van der Waals surface area contributed by atoms with E-state index in [0.29, 0.717) is 38.9 Å². The highest BCUT2D eigenvalue weighted by atomic mass is 19.4. The summed E-state index contributed by atoms with van der Waals surface area (Å²) in [5.41, 5.74) is 4.16. The van der Waals surface area contributed by atoms with Crippen LogP contribution in [0.15, 0.2) is 200 Å². The van der Waals surface area contributed by atoms with Gasteiger partial charge in [0.15, 0.2) is 17.5 Å². The smallest absolute Gasteiger partial charge is 0.308 e. The molecule has 0 aliphatic heterocycles. The van der Waals surface area contributed by atoms with Crippen molar-refractivity contribution < 1.29 is 26.3 Å². The van der Waals surface area contributed by atoms with Gasteiger partial charge in [0.1, 0.15) is 0 Å². The second-order valence-corrected chi connectivity index (χ2v) is 17.6. The van der Waals surface area contributed by atoms with Gasteiger partial charge in [0.2, 0.25) is 0 Å². The molecule has 10 aromatic rings. The molecule has 0 bridgehead atoms. The van der Waals surface area contributed by atoms with E-state index in [1.165, 1.54) is 48.5 Å². The highest BCUT2D eigenvalue weighted by Gasteiger charge is 2.38. The molecule has 0 radical (unpaired) electrons. The highest BCUT2D eigenvalue weighted by molar-refractivity contribution is 6.00. The lowest BCUT2D eigenvalue weighted by atomic mass is 9.88. The molecule has 12 heteroatoms. The molecule has 1 aliphatic rings. The van der Waals surface area contributed by atoms with Gasteiger partial charge in [0.05, 0.1) is 51.3 Å². The van der Waals surface area contributed by atoms with Gasteiger partial charge in [-0.3, -0.25) is 0 Å². The Balaban J connectivity index is 1.29. The van der Waals surface area contributed by atoms with Gasteiger partial charge in [-0.25, -0.2) is 15.0 Å². The first-order chi connectivity index (χ1) is 35.9. The van der Waals surface area contributed by atoms with Crippen LogP contribution >= 0.6 is 0 Å². The van der Waals surface area contributed by atoms with E-state index >= 15 is 26.3 Å². The third-order valence-corrected chi connectivity index (χ3v) is 13.0. The van der Waals surface area contributed by atoms with Gasteiger partial charge >= 0.3 is 12.4 Å². The third kappa shape index (κ3) is 8.79. The number of aromatic nitrogens is 4. The number of rotatable bonds is 8. The molecule has 6 nitrogen and oxygen atoms in total. The fourth-order valence-corrected chi connectivity index (χ4v) is 9.67. The van der Waals surface area contributed by atoms with Crippen LogP contribution in [0, 0.1) is 22.7 Å². The fourth-order valence-electron chi connectivity index (χ4n) is 9.67. The molecule has 0 fully saturated rings. The molecule has 8 aromatic carbocycles. The van der Waals surface area contributed by atoms with Gasteiger partial charge in [-0.05, 0) is 112 Å². The molecule has 0 saturated carbocycles. The van der Waals surface area contributed by atoms with Crippen LogP contribution in [-0.2, 0) is 18.8 Å². The Labute approximate surface area is 420 Å². The lowest BCUT2D eigenvalue weighted by molar-refractivity contribution is -0.137. The predicted molar refractivity (Wildman–Crippen MR) is 276 cm³/mol. The van der Waals surface area contributed by atoms with Crippen molar-refractivity contribution in [3.63, 3.8) is 0 Å². The number of halogens is 6. The van der Waals surface area contributed by atoms with Crippen molar-refractivity contribution in [3.8, 4) is 85.4 Å². The number of allylic oxidation sites excluding steroid dienone is 3. The first-order valence-corrected chi connectivity index (χ1v) is 23.3. The van der Waals surface area contributed by atoms with Crippen LogP contribution < -0.4 is 0 Å². The number of hydrogen-bond acceptors (Lipinski definition) is 5. The maximum absolute atomic E-state index is 15.6. The van der Waals surface area contributed by atoms with E-state index in [0.717, 1.165) is 40.0 Å².